The first kappa shape index (κ1) is 23.2. The Hall–Kier alpha value is -3.46. The molecular weight excluding hydrogens is 421 g/mol. The van der Waals surface area contributed by atoms with Gasteiger partial charge in [0.05, 0.1) is 5.56 Å². The van der Waals surface area contributed by atoms with E-state index < -0.39 is 11.7 Å². The Morgan fingerprint density at radius 3 is 2.41 bits per heavy atom. The fraction of sp³-hybridized carbons (Fsp3) is 0.261. The summed E-state index contributed by atoms with van der Waals surface area (Å²) in [4.78, 5) is 20.5. The van der Waals surface area contributed by atoms with E-state index in [4.69, 9.17) is 10.5 Å². The van der Waals surface area contributed by atoms with Crippen molar-refractivity contribution in [3.63, 3.8) is 0 Å². The summed E-state index contributed by atoms with van der Waals surface area (Å²) in [6, 6.07) is 12.5. The maximum Gasteiger partial charge on any atom is 0.416 e. The molecule has 1 heterocycles. The van der Waals surface area contributed by atoms with Gasteiger partial charge in [-0.05, 0) is 41.8 Å². The van der Waals surface area contributed by atoms with Gasteiger partial charge >= 0.3 is 6.18 Å². The number of alkyl halides is 3. The molecule has 2 aromatic carbocycles. The van der Waals surface area contributed by atoms with Gasteiger partial charge in [0.1, 0.15) is 23.7 Å². The zero-order valence-corrected chi connectivity index (χ0v) is 17.4. The molecular formula is C23H23F3N4O2. The molecule has 0 atom stereocenters. The number of nitrogens with one attached hydrogen (secondary N) is 1. The van der Waals surface area contributed by atoms with Crippen molar-refractivity contribution in [1.82, 2.24) is 9.97 Å². The first-order chi connectivity index (χ1) is 15.2. The van der Waals surface area contributed by atoms with E-state index in [-0.39, 0.29) is 24.2 Å². The standard InChI is InChI=1S/C23H23F3N4O2/c1-15-2-3-17(12-20(15)23(24,25)26)11-18(31)10-16-4-6-19(7-5-16)32-22-13-21(28-9-8-27)29-14-30-22/h2-7,12-14H,8-11,27H2,1H3,(H,28,29,30). The zero-order chi connectivity index (χ0) is 23.1. The van der Waals surface area contributed by atoms with Crippen molar-refractivity contribution in [1.29, 1.82) is 0 Å². The SMILES string of the molecule is Cc1ccc(CC(=O)Cc2ccc(Oc3cc(NCCN)ncn3)cc2)cc1C(F)(F)F. The average molecular weight is 444 g/mol. The second kappa shape index (κ2) is 10.2. The molecule has 9 heteroatoms. The van der Waals surface area contributed by atoms with Crippen LogP contribution >= 0.6 is 0 Å². The van der Waals surface area contributed by atoms with Crippen LogP contribution in [0.5, 0.6) is 11.6 Å². The van der Waals surface area contributed by atoms with Crippen LogP contribution in [0.4, 0.5) is 19.0 Å². The normalized spacial score (nSPS) is 11.3. The van der Waals surface area contributed by atoms with Gasteiger partial charge in [0.15, 0.2) is 0 Å². The van der Waals surface area contributed by atoms with E-state index in [1.807, 2.05) is 0 Å². The van der Waals surface area contributed by atoms with Gasteiger partial charge in [0.25, 0.3) is 0 Å². The maximum atomic E-state index is 13.1. The lowest BCUT2D eigenvalue weighted by molar-refractivity contribution is -0.138. The highest BCUT2D eigenvalue weighted by atomic mass is 19.4. The van der Waals surface area contributed by atoms with Crippen molar-refractivity contribution >= 4 is 11.6 Å². The van der Waals surface area contributed by atoms with E-state index >= 15 is 0 Å². The molecule has 168 valence electrons. The average Bonchev–Trinajstić information content (AvgIpc) is 2.74. The second-order valence-electron chi connectivity index (χ2n) is 7.24. The van der Waals surface area contributed by atoms with Crippen molar-refractivity contribution < 1.29 is 22.7 Å². The summed E-state index contributed by atoms with van der Waals surface area (Å²) in [5.74, 6) is 1.29. The second-order valence-corrected chi connectivity index (χ2v) is 7.24. The Labute approximate surface area is 183 Å². The van der Waals surface area contributed by atoms with Gasteiger partial charge in [-0.1, -0.05) is 24.3 Å². The molecule has 0 spiro atoms. The molecule has 0 fully saturated rings. The van der Waals surface area contributed by atoms with Crippen LogP contribution in [0.2, 0.25) is 0 Å². The Morgan fingerprint density at radius 1 is 1.03 bits per heavy atom. The van der Waals surface area contributed by atoms with E-state index in [0.29, 0.717) is 36.1 Å². The number of nitrogens with two attached hydrogens (primary N) is 1. The van der Waals surface area contributed by atoms with Gasteiger partial charge in [0.2, 0.25) is 5.88 Å². The van der Waals surface area contributed by atoms with Crippen LogP contribution in [0.15, 0.2) is 54.9 Å². The van der Waals surface area contributed by atoms with Crippen molar-refractivity contribution in [2.24, 2.45) is 5.73 Å². The number of Topliss-reactive ketones (excluding diaryl/α,β-unsaturated/α-hetero) is 1. The molecule has 0 aliphatic carbocycles. The minimum atomic E-state index is -4.44. The lowest BCUT2D eigenvalue weighted by atomic mass is 9.99. The molecule has 0 aliphatic heterocycles. The number of hydrogen-bond donors (Lipinski definition) is 2. The predicted molar refractivity (Wildman–Crippen MR) is 115 cm³/mol. The summed E-state index contributed by atoms with van der Waals surface area (Å²) in [5, 5.41) is 3.03. The molecule has 0 unspecified atom stereocenters. The van der Waals surface area contributed by atoms with Crippen LogP contribution in [-0.2, 0) is 23.8 Å². The summed E-state index contributed by atoms with van der Waals surface area (Å²) in [5.41, 5.74) is 5.95. The van der Waals surface area contributed by atoms with Gasteiger partial charge < -0.3 is 15.8 Å². The molecule has 0 saturated heterocycles. The van der Waals surface area contributed by atoms with Gasteiger partial charge in [0, 0.05) is 32.0 Å². The summed E-state index contributed by atoms with van der Waals surface area (Å²) in [7, 11) is 0. The van der Waals surface area contributed by atoms with Crippen LogP contribution in [0.25, 0.3) is 0 Å². The highest BCUT2D eigenvalue weighted by Crippen LogP contribution is 2.32. The number of carbonyl (C=O) groups is 1. The molecule has 6 nitrogen and oxygen atoms in total. The van der Waals surface area contributed by atoms with E-state index in [9.17, 15) is 18.0 Å². The minimum Gasteiger partial charge on any atom is -0.439 e. The Morgan fingerprint density at radius 2 is 1.72 bits per heavy atom. The number of aryl methyl sites for hydroxylation is 1. The molecule has 32 heavy (non-hydrogen) atoms. The van der Waals surface area contributed by atoms with Gasteiger partial charge in [-0.3, -0.25) is 4.79 Å². The monoisotopic (exact) mass is 444 g/mol. The number of nitrogens with zero attached hydrogens (tertiary/aromatic N) is 2. The molecule has 0 bridgehead atoms. The molecule has 3 rings (SSSR count). The number of ketones is 1. The number of hydrogen-bond acceptors (Lipinski definition) is 6. The number of halogens is 3. The molecule has 3 N–H and O–H groups in total. The topological polar surface area (TPSA) is 90.1 Å². The lowest BCUT2D eigenvalue weighted by Gasteiger charge is -2.12. The smallest absolute Gasteiger partial charge is 0.416 e. The lowest BCUT2D eigenvalue weighted by Crippen LogP contribution is -2.13. The quantitative estimate of drug-likeness (QED) is 0.511. The van der Waals surface area contributed by atoms with E-state index in [0.717, 1.165) is 11.6 Å². The summed E-state index contributed by atoms with van der Waals surface area (Å²) < 4.78 is 44.9. The summed E-state index contributed by atoms with van der Waals surface area (Å²) in [6.07, 6.45) is -3.03. The van der Waals surface area contributed by atoms with Crippen LogP contribution in [0, 0.1) is 6.92 Å². The molecule has 3 aromatic rings. The highest BCUT2D eigenvalue weighted by molar-refractivity contribution is 5.83. The van der Waals surface area contributed by atoms with Crippen molar-refractivity contribution in [3.8, 4) is 11.6 Å². The predicted octanol–water partition coefficient (Wildman–Crippen LogP) is 4.32. The van der Waals surface area contributed by atoms with Crippen LogP contribution in [0.3, 0.4) is 0 Å². The molecule has 0 saturated carbocycles. The first-order valence-corrected chi connectivity index (χ1v) is 9.96. The summed E-state index contributed by atoms with van der Waals surface area (Å²) >= 11 is 0. The number of aromatic nitrogens is 2. The largest absolute Gasteiger partial charge is 0.439 e. The third-order valence-corrected chi connectivity index (χ3v) is 4.65. The van der Waals surface area contributed by atoms with Crippen LogP contribution in [-0.4, -0.2) is 28.8 Å². The Bertz CT molecular complexity index is 1070. The first-order valence-electron chi connectivity index (χ1n) is 9.96. The third-order valence-electron chi connectivity index (χ3n) is 4.65. The number of rotatable bonds is 9. The van der Waals surface area contributed by atoms with Gasteiger partial charge in [-0.2, -0.15) is 13.2 Å². The number of ether oxygens (including phenoxy) is 1. The van der Waals surface area contributed by atoms with E-state index in [1.165, 1.54) is 19.3 Å². The molecule has 1 aromatic heterocycles. The minimum absolute atomic E-state index is 0.0683. The van der Waals surface area contributed by atoms with E-state index in [1.54, 1.807) is 36.4 Å². The number of anilines is 1. The fourth-order valence-electron chi connectivity index (χ4n) is 3.09. The van der Waals surface area contributed by atoms with E-state index in [2.05, 4.69) is 15.3 Å². The zero-order valence-electron chi connectivity index (χ0n) is 17.4. The van der Waals surface area contributed by atoms with Crippen LogP contribution in [0.1, 0.15) is 22.3 Å². The van der Waals surface area contributed by atoms with Crippen molar-refractivity contribution in [2.75, 3.05) is 18.4 Å². The summed E-state index contributed by atoms with van der Waals surface area (Å²) in [6.45, 7) is 2.43. The van der Waals surface area contributed by atoms with Crippen LogP contribution < -0.4 is 15.8 Å². The van der Waals surface area contributed by atoms with Gasteiger partial charge in [-0.25, -0.2) is 9.97 Å². The maximum absolute atomic E-state index is 13.1. The van der Waals surface area contributed by atoms with Crippen molar-refractivity contribution in [2.45, 2.75) is 25.9 Å². The molecule has 0 amide bonds. The van der Waals surface area contributed by atoms with Gasteiger partial charge in [-0.15, -0.1) is 0 Å². The Balaban J connectivity index is 1.59. The molecule has 0 radical (unpaired) electrons. The number of benzene rings is 2. The molecule has 0 aliphatic rings. The third kappa shape index (κ3) is 6.52. The highest BCUT2D eigenvalue weighted by Gasteiger charge is 2.32. The number of carbonyl (C=O) groups excluding carboxylic acids is 1. The fourth-order valence-corrected chi connectivity index (χ4v) is 3.09. The Kier molecular flexibility index (Phi) is 7.42. The van der Waals surface area contributed by atoms with Crippen molar-refractivity contribution in [3.05, 3.63) is 77.1 Å².